The molecule has 1 aromatic carbocycles. The third-order valence-electron chi connectivity index (χ3n) is 4.25. The molecule has 2 heterocycles. The zero-order valence-electron chi connectivity index (χ0n) is 13.2. The number of nitro groups is 1. The summed E-state index contributed by atoms with van der Waals surface area (Å²) in [5.74, 6) is 0.982. The third-order valence-corrected chi connectivity index (χ3v) is 4.25. The second-order valence-electron chi connectivity index (χ2n) is 5.74. The summed E-state index contributed by atoms with van der Waals surface area (Å²) in [4.78, 5) is 15.3. The van der Waals surface area contributed by atoms with E-state index in [1.807, 2.05) is 6.07 Å². The number of nitro benzene ring substituents is 1. The lowest BCUT2D eigenvalue weighted by atomic mass is 10.0. The Kier molecular flexibility index (Phi) is 4.60. The number of ether oxygens (including phenoxy) is 2. The van der Waals surface area contributed by atoms with Gasteiger partial charge in [0.2, 0.25) is 0 Å². The summed E-state index contributed by atoms with van der Waals surface area (Å²) in [6.07, 6.45) is 8.00. The lowest BCUT2D eigenvalue weighted by molar-refractivity contribution is -0.383. The van der Waals surface area contributed by atoms with E-state index in [0.29, 0.717) is 23.6 Å². The highest BCUT2D eigenvalue weighted by Gasteiger charge is 2.24. The Bertz CT molecular complexity index is 730. The molecule has 0 atom stereocenters. The van der Waals surface area contributed by atoms with Crippen molar-refractivity contribution in [3.63, 3.8) is 0 Å². The van der Waals surface area contributed by atoms with Gasteiger partial charge in [0.25, 0.3) is 5.69 Å². The average molecular weight is 316 g/mol. The minimum absolute atomic E-state index is 0.0408. The maximum Gasteiger partial charge on any atom is 0.299 e. The van der Waals surface area contributed by atoms with Gasteiger partial charge in [-0.05, 0) is 30.9 Å². The van der Waals surface area contributed by atoms with Gasteiger partial charge in [0.05, 0.1) is 30.1 Å². The summed E-state index contributed by atoms with van der Waals surface area (Å²) in [6, 6.07) is 3.34. The lowest BCUT2D eigenvalue weighted by Crippen LogP contribution is -2.03. The Balaban J connectivity index is 2.27. The van der Waals surface area contributed by atoms with Gasteiger partial charge < -0.3 is 9.47 Å². The van der Waals surface area contributed by atoms with Crippen LogP contribution in [0, 0.1) is 10.1 Å². The van der Waals surface area contributed by atoms with Gasteiger partial charge in [0, 0.05) is 6.20 Å². The van der Waals surface area contributed by atoms with E-state index >= 15 is 0 Å². The fourth-order valence-corrected chi connectivity index (χ4v) is 3.10. The predicted molar refractivity (Wildman–Crippen MR) is 87.2 cm³/mol. The number of nitrogens with zero attached hydrogens (tertiary/aromatic N) is 2. The van der Waals surface area contributed by atoms with Crippen molar-refractivity contribution in [1.82, 2.24) is 4.98 Å². The van der Waals surface area contributed by atoms with E-state index in [9.17, 15) is 10.1 Å². The number of hydrogen-bond donors (Lipinski definition) is 0. The normalized spacial score (nSPS) is 15.5. The van der Waals surface area contributed by atoms with Gasteiger partial charge in [-0.2, -0.15) is 0 Å². The number of non-ortho nitro benzene ring substituents is 1. The average Bonchev–Trinajstić information content (AvgIpc) is 2.60. The molecule has 1 aromatic heterocycles. The Morgan fingerprint density at radius 3 is 2.83 bits per heavy atom. The first-order chi connectivity index (χ1) is 11.2. The Morgan fingerprint density at radius 2 is 2.04 bits per heavy atom. The Labute approximate surface area is 134 Å². The number of pyridine rings is 1. The van der Waals surface area contributed by atoms with Crippen LogP contribution in [-0.2, 0) is 6.42 Å². The molecule has 1 aliphatic heterocycles. The molecule has 0 radical (unpaired) electrons. The van der Waals surface area contributed by atoms with E-state index in [-0.39, 0.29) is 5.69 Å². The monoisotopic (exact) mass is 316 g/mol. The summed E-state index contributed by atoms with van der Waals surface area (Å²) in [5, 5.41) is 12.1. The first kappa shape index (κ1) is 15.5. The molecular formula is C17H20N2O4. The van der Waals surface area contributed by atoms with Crippen LogP contribution in [0.15, 0.2) is 18.3 Å². The molecular weight excluding hydrogens is 296 g/mol. The van der Waals surface area contributed by atoms with Crippen LogP contribution in [0.25, 0.3) is 10.9 Å². The van der Waals surface area contributed by atoms with Crippen LogP contribution in [0.5, 0.6) is 11.5 Å². The molecule has 0 bridgehead atoms. The van der Waals surface area contributed by atoms with Crippen molar-refractivity contribution in [3.8, 4) is 11.5 Å². The molecule has 0 N–H and O–H groups in total. The first-order valence-electron chi connectivity index (χ1n) is 7.98. The van der Waals surface area contributed by atoms with Crippen LogP contribution < -0.4 is 9.47 Å². The van der Waals surface area contributed by atoms with E-state index in [1.165, 1.54) is 19.6 Å². The van der Waals surface area contributed by atoms with Crippen molar-refractivity contribution in [1.29, 1.82) is 0 Å². The van der Waals surface area contributed by atoms with Crippen molar-refractivity contribution >= 4 is 16.6 Å². The zero-order valence-corrected chi connectivity index (χ0v) is 13.2. The quantitative estimate of drug-likeness (QED) is 0.617. The van der Waals surface area contributed by atoms with Crippen LogP contribution in [0.3, 0.4) is 0 Å². The molecule has 0 saturated carbocycles. The SMILES string of the molecule is COc1cc([N+](=O)[O-])c2nccc3c2c1OCCCCCCC3. The van der Waals surface area contributed by atoms with Crippen molar-refractivity contribution < 1.29 is 14.4 Å². The molecule has 0 spiro atoms. The van der Waals surface area contributed by atoms with E-state index in [2.05, 4.69) is 4.98 Å². The minimum atomic E-state index is -0.413. The third kappa shape index (κ3) is 3.06. The van der Waals surface area contributed by atoms with Crippen LogP contribution in [0.4, 0.5) is 5.69 Å². The second-order valence-corrected chi connectivity index (χ2v) is 5.74. The predicted octanol–water partition coefficient (Wildman–Crippen LogP) is 4.04. The van der Waals surface area contributed by atoms with Crippen molar-refractivity contribution in [2.45, 2.75) is 38.5 Å². The number of hydrogen-bond acceptors (Lipinski definition) is 5. The van der Waals surface area contributed by atoms with Gasteiger partial charge in [-0.3, -0.25) is 10.1 Å². The second kappa shape index (κ2) is 6.81. The highest BCUT2D eigenvalue weighted by Crippen LogP contribution is 2.42. The highest BCUT2D eigenvalue weighted by molar-refractivity contribution is 5.97. The molecule has 122 valence electrons. The molecule has 0 amide bonds. The number of benzene rings is 1. The molecule has 6 nitrogen and oxygen atoms in total. The van der Waals surface area contributed by atoms with E-state index < -0.39 is 4.92 Å². The summed E-state index contributed by atoms with van der Waals surface area (Å²) in [6.45, 7) is 0.581. The molecule has 0 aliphatic carbocycles. The maximum absolute atomic E-state index is 11.4. The first-order valence-corrected chi connectivity index (χ1v) is 7.98. The fourth-order valence-electron chi connectivity index (χ4n) is 3.10. The molecule has 23 heavy (non-hydrogen) atoms. The standard InChI is InChI=1S/C17H20N2O4/c1-22-14-11-13(19(20)21)16-15-12(8-9-18-16)7-5-3-2-4-6-10-23-17(14)15/h8-9,11H,2-7,10H2,1H3. The van der Waals surface area contributed by atoms with Crippen molar-refractivity contribution in [2.24, 2.45) is 0 Å². The largest absolute Gasteiger partial charge is 0.493 e. The topological polar surface area (TPSA) is 74.5 Å². The van der Waals surface area contributed by atoms with Gasteiger partial charge in [-0.25, -0.2) is 4.98 Å². The number of aryl methyl sites for hydroxylation is 1. The molecule has 3 rings (SSSR count). The Morgan fingerprint density at radius 1 is 1.26 bits per heavy atom. The fraction of sp³-hybridized carbons (Fsp3) is 0.471. The highest BCUT2D eigenvalue weighted by atomic mass is 16.6. The minimum Gasteiger partial charge on any atom is -0.493 e. The van der Waals surface area contributed by atoms with E-state index in [4.69, 9.17) is 9.47 Å². The lowest BCUT2D eigenvalue weighted by Gasteiger charge is -2.15. The van der Waals surface area contributed by atoms with Gasteiger partial charge in [-0.1, -0.05) is 19.3 Å². The van der Waals surface area contributed by atoms with Crippen molar-refractivity contribution in [3.05, 3.63) is 34.0 Å². The number of rotatable bonds is 2. The number of aromatic nitrogens is 1. The van der Waals surface area contributed by atoms with Gasteiger partial charge in [0.15, 0.2) is 17.0 Å². The summed E-state index contributed by atoms with van der Waals surface area (Å²) >= 11 is 0. The van der Waals surface area contributed by atoms with Gasteiger partial charge in [-0.15, -0.1) is 0 Å². The van der Waals surface area contributed by atoms with Crippen LogP contribution >= 0.6 is 0 Å². The molecule has 2 aromatic rings. The van der Waals surface area contributed by atoms with Crippen molar-refractivity contribution in [2.75, 3.05) is 13.7 Å². The zero-order chi connectivity index (χ0) is 16.2. The molecule has 6 heteroatoms. The summed E-state index contributed by atoms with van der Waals surface area (Å²) in [5.41, 5.74) is 1.37. The molecule has 0 saturated heterocycles. The Hall–Kier alpha value is -2.37. The molecule has 0 unspecified atom stereocenters. The smallest absolute Gasteiger partial charge is 0.299 e. The van der Waals surface area contributed by atoms with E-state index in [1.54, 1.807) is 6.20 Å². The summed E-state index contributed by atoms with van der Waals surface area (Å²) in [7, 11) is 1.51. The van der Waals surface area contributed by atoms with Gasteiger partial charge >= 0.3 is 0 Å². The molecule has 1 aliphatic rings. The van der Waals surface area contributed by atoms with Crippen LogP contribution in [0.2, 0.25) is 0 Å². The van der Waals surface area contributed by atoms with Crippen LogP contribution in [-0.4, -0.2) is 23.6 Å². The summed E-state index contributed by atoms with van der Waals surface area (Å²) < 4.78 is 11.3. The molecule has 0 fully saturated rings. The maximum atomic E-state index is 11.4. The van der Waals surface area contributed by atoms with Crippen LogP contribution in [0.1, 0.15) is 37.7 Å². The van der Waals surface area contributed by atoms with Gasteiger partial charge in [0.1, 0.15) is 0 Å². The number of methoxy groups -OCH3 is 1. The van der Waals surface area contributed by atoms with E-state index in [0.717, 1.165) is 43.1 Å².